The first-order valence-corrected chi connectivity index (χ1v) is 6.75. The van der Waals surface area contributed by atoms with Crippen molar-refractivity contribution >= 4 is 22.9 Å². The quantitative estimate of drug-likeness (QED) is 0.633. The van der Waals surface area contributed by atoms with Gasteiger partial charge < -0.3 is 20.1 Å². The molecule has 0 aliphatic carbocycles. The number of amides is 1. The van der Waals surface area contributed by atoms with Crippen LogP contribution in [-0.2, 0) is 9.53 Å². The topological polar surface area (TPSA) is 138 Å². The summed E-state index contributed by atoms with van der Waals surface area (Å²) in [5, 5.41) is 27.9. The van der Waals surface area contributed by atoms with Gasteiger partial charge in [0.25, 0.3) is 0 Å². The van der Waals surface area contributed by atoms with Crippen LogP contribution in [0.2, 0.25) is 0 Å². The predicted octanol–water partition coefficient (Wildman–Crippen LogP) is 0.770. The highest BCUT2D eigenvalue weighted by atomic mass is 16.5. The number of tetrazole rings is 1. The van der Waals surface area contributed by atoms with E-state index >= 15 is 0 Å². The van der Waals surface area contributed by atoms with Gasteiger partial charge in [0, 0.05) is 25.1 Å². The number of carbonyl (C=O) groups excluding carboxylic acids is 1. The zero-order valence-electron chi connectivity index (χ0n) is 13.0. The van der Waals surface area contributed by atoms with Gasteiger partial charge in [0.1, 0.15) is 24.0 Å². The number of nitrogens with zero attached hydrogens (tertiary/aromatic N) is 4. The minimum Gasteiger partial charge on any atom is -0.494 e. The molecule has 1 heterocycles. The van der Waals surface area contributed by atoms with Crippen LogP contribution < -0.4 is 15.4 Å². The standard InChI is InChI=1S/C14H15N7O3/c1-23-8-13(22)17-11-4-3-10(5-12(11)24-2)16-7-9(6-15)14-18-20-21-19-14/h3-5,7,16H,8H2,1-2H3,(H,17,22)(H,18,19,20,21). The number of hydrogen-bond donors (Lipinski definition) is 3. The number of allylic oxidation sites excluding steroid dienone is 1. The maximum Gasteiger partial charge on any atom is 0.250 e. The van der Waals surface area contributed by atoms with E-state index in [4.69, 9.17) is 14.7 Å². The monoisotopic (exact) mass is 329 g/mol. The summed E-state index contributed by atoms with van der Waals surface area (Å²) in [6, 6.07) is 7.02. The summed E-state index contributed by atoms with van der Waals surface area (Å²) in [6.45, 7) is -0.0534. The Kier molecular flexibility index (Phi) is 5.82. The minimum absolute atomic E-state index is 0.0534. The van der Waals surface area contributed by atoms with E-state index in [1.54, 1.807) is 18.2 Å². The molecule has 3 N–H and O–H groups in total. The van der Waals surface area contributed by atoms with Crippen LogP contribution >= 0.6 is 0 Å². The Morgan fingerprint density at radius 2 is 2.29 bits per heavy atom. The third-order valence-electron chi connectivity index (χ3n) is 2.84. The van der Waals surface area contributed by atoms with Crippen molar-refractivity contribution in [2.75, 3.05) is 31.5 Å². The fourth-order valence-corrected chi connectivity index (χ4v) is 1.78. The number of aromatic amines is 1. The molecule has 2 rings (SSSR count). The fourth-order valence-electron chi connectivity index (χ4n) is 1.78. The zero-order valence-corrected chi connectivity index (χ0v) is 13.0. The molecule has 0 unspecified atom stereocenters. The highest BCUT2D eigenvalue weighted by Gasteiger charge is 2.09. The molecule has 0 atom stereocenters. The van der Waals surface area contributed by atoms with Crippen LogP contribution in [0.5, 0.6) is 5.75 Å². The van der Waals surface area contributed by atoms with Crippen LogP contribution in [0.1, 0.15) is 5.82 Å². The number of carbonyl (C=O) groups is 1. The lowest BCUT2D eigenvalue weighted by Crippen LogP contribution is -2.17. The number of H-pyrrole nitrogens is 1. The molecule has 24 heavy (non-hydrogen) atoms. The van der Waals surface area contributed by atoms with Crippen molar-refractivity contribution in [3.05, 3.63) is 30.2 Å². The maximum absolute atomic E-state index is 11.6. The average molecular weight is 329 g/mol. The van der Waals surface area contributed by atoms with Crippen LogP contribution in [0.3, 0.4) is 0 Å². The Balaban J connectivity index is 2.14. The Labute approximate surface area is 137 Å². The van der Waals surface area contributed by atoms with Crippen LogP contribution in [0.4, 0.5) is 11.4 Å². The molecule has 1 aromatic carbocycles. The smallest absolute Gasteiger partial charge is 0.250 e. The van der Waals surface area contributed by atoms with Crippen molar-refractivity contribution in [3.63, 3.8) is 0 Å². The lowest BCUT2D eigenvalue weighted by molar-refractivity contribution is -0.119. The second-order valence-corrected chi connectivity index (χ2v) is 4.45. The average Bonchev–Trinajstić information content (AvgIpc) is 3.11. The van der Waals surface area contributed by atoms with Crippen molar-refractivity contribution in [2.45, 2.75) is 0 Å². The molecule has 0 aliphatic rings. The molecular formula is C14H15N7O3. The Morgan fingerprint density at radius 1 is 1.46 bits per heavy atom. The minimum atomic E-state index is -0.291. The Hall–Kier alpha value is -3.45. The van der Waals surface area contributed by atoms with Gasteiger partial charge in [-0.3, -0.25) is 4.79 Å². The molecular weight excluding hydrogens is 314 g/mol. The van der Waals surface area contributed by atoms with Crippen LogP contribution in [0.25, 0.3) is 5.57 Å². The van der Waals surface area contributed by atoms with Gasteiger partial charge in [-0.2, -0.15) is 10.5 Å². The first kappa shape index (κ1) is 16.9. The molecule has 0 bridgehead atoms. The lowest BCUT2D eigenvalue weighted by Gasteiger charge is -2.11. The number of aromatic nitrogens is 4. The van der Waals surface area contributed by atoms with Gasteiger partial charge in [-0.15, -0.1) is 10.2 Å². The molecule has 10 nitrogen and oxygen atoms in total. The molecule has 0 saturated heterocycles. The highest BCUT2D eigenvalue weighted by Crippen LogP contribution is 2.28. The number of methoxy groups -OCH3 is 2. The Morgan fingerprint density at radius 3 is 2.92 bits per heavy atom. The van der Waals surface area contributed by atoms with Crippen molar-refractivity contribution < 1.29 is 14.3 Å². The molecule has 124 valence electrons. The molecule has 0 saturated carbocycles. The number of benzene rings is 1. The molecule has 0 radical (unpaired) electrons. The normalized spacial score (nSPS) is 10.8. The third-order valence-corrected chi connectivity index (χ3v) is 2.84. The Bertz CT molecular complexity index is 765. The molecule has 0 aliphatic heterocycles. The number of rotatable bonds is 7. The zero-order chi connectivity index (χ0) is 17.4. The molecule has 1 amide bonds. The lowest BCUT2D eigenvalue weighted by atomic mass is 10.2. The molecule has 10 heteroatoms. The maximum atomic E-state index is 11.6. The second kappa shape index (κ2) is 8.25. The van der Waals surface area contributed by atoms with Gasteiger partial charge in [-0.25, -0.2) is 0 Å². The van der Waals surface area contributed by atoms with Gasteiger partial charge in [0.05, 0.1) is 12.8 Å². The second-order valence-electron chi connectivity index (χ2n) is 4.45. The highest BCUT2D eigenvalue weighted by molar-refractivity contribution is 5.93. The van der Waals surface area contributed by atoms with Crippen molar-refractivity contribution in [1.82, 2.24) is 20.6 Å². The summed E-state index contributed by atoms with van der Waals surface area (Å²) in [6.07, 6.45) is 1.45. The fraction of sp³-hybridized carbons (Fsp3) is 0.214. The van der Waals surface area contributed by atoms with E-state index in [-0.39, 0.29) is 23.9 Å². The van der Waals surface area contributed by atoms with Gasteiger partial charge >= 0.3 is 0 Å². The van der Waals surface area contributed by atoms with Crippen LogP contribution in [0, 0.1) is 11.3 Å². The molecule has 0 fully saturated rings. The van der Waals surface area contributed by atoms with Gasteiger partial charge in [-0.1, -0.05) is 0 Å². The summed E-state index contributed by atoms with van der Waals surface area (Å²) in [5.74, 6) is 0.344. The van der Waals surface area contributed by atoms with E-state index in [2.05, 4.69) is 31.3 Å². The number of anilines is 2. The number of nitriles is 1. The molecule has 0 spiro atoms. The summed E-state index contributed by atoms with van der Waals surface area (Å²) in [7, 11) is 2.92. The number of nitrogens with one attached hydrogen (secondary N) is 3. The van der Waals surface area contributed by atoms with E-state index in [0.29, 0.717) is 17.1 Å². The van der Waals surface area contributed by atoms with E-state index in [1.165, 1.54) is 20.4 Å². The summed E-state index contributed by atoms with van der Waals surface area (Å²) in [5.41, 5.74) is 1.36. The number of ether oxygens (including phenoxy) is 2. The predicted molar refractivity (Wildman–Crippen MR) is 84.9 cm³/mol. The number of hydrogen-bond acceptors (Lipinski definition) is 8. The van der Waals surface area contributed by atoms with Crippen molar-refractivity contribution in [1.29, 1.82) is 5.26 Å². The largest absolute Gasteiger partial charge is 0.494 e. The first-order chi connectivity index (χ1) is 11.7. The van der Waals surface area contributed by atoms with Crippen molar-refractivity contribution in [2.24, 2.45) is 0 Å². The molecule has 2 aromatic rings. The summed E-state index contributed by atoms with van der Waals surface area (Å²) >= 11 is 0. The first-order valence-electron chi connectivity index (χ1n) is 6.75. The third kappa shape index (κ3) is 4.28. The van der Waals surface area contributed by atoms with Crippen LogP contribution in [0.15, 0.2) is 24.4 Å². The SMILES string of the molecule is COCC(=O)Nc1ccc(NC=C(C#N)c2nn[nH]n2)cc1OC. The van der Waals surface area contributed by atoms with Crippen molar-refractivity contribution in [3.8, 4) is 11.8 Å². The summed E-state index contributed by atoms with van der Waals surface area (Å²) in [4.78, 5) is 11.6. The van der Waals surface area contributed by atoms with Gasteiger partial charge in [0.15, 0.2) is 0 Å². The molecule has 1 aromatic heterocycles. The van der Waals surface area contributed by atoms with E-state index < -0.39 is 0 Å². The van der Waals surface area contributed by atoms with Crippen LogP contribution in [-0.4, -0.2) is 47.4 Å². The van der Waals surface area contributed by atoms with E-state index in [1.807, 2.05) is 6.07 Å². The summed E-state index contributed by atoms with van der Waals surface area (Å²) < 4.78 is 10.0. The van der Waals surface area contributed by atoms with E-state index in [9.17, 15) is 4.79 Å². The van der Waals surface area contributed by atoms with Gasteiger partial charge in [0.2, 0.25) is 11.7 Å². The van der Waals surface area contributed by atoms with E-state index in [0.717, 1.165) is 0 Å². The van der Waals surface area contributed by atoms with Gasteiger partial charge in [-0.05, 0) is 17.3 Å².